The number of fused-ring (bicyclic) bond motifs is 1. The van der Waals surface area contributed by atoms with Crippen molar-refractivity contribution >= 4 is 14.2 Å². The number of hydrogen-bond acceptors (Lipinski definition) is 3. The summed E-state index contributed by atoms with van der Waals surface area (Å²) >= 11 is 0. The van der Waals surface area contributed by atoms with Gasteiger partial charge in [-0.25, -0.2) is 0 Å². The first-order valence-electron chi connectivity index (χ1n) is 8.92. The highest BCUT2D eigenvalue weighted by molar-refractivity contribution is 6.74. The highest BCUT2D eigenvalue weighted by atomic mass is 28.4. The summed E-state index contributed by atoms with van der Waals surface area (Å²) < 4.78 is 6.29. The number of rotatable bonds is 4. The van der Waals surface area contributed by atoms with Gasteiger partial charge in [0.2, 0.25) is 5.91 Å². The van der Waals surface area contributed by atoms with Crippen molar-refractivity contribution in [1.29, 1.82) is 0 Å². The Morgan fingerprint density at radius 2 is 2.04 bits per heavy atom. The van der Waals surface area contributed by atoms with Crippen molar-refractivity contribution in [2.45, 2.75) is 83.2 Å². The fourth-order valence-electron chi connectivity index (χ4n) is 3.28. The van der Waals surface area contributed by atoms with Crippen LogP contribution in [-0.4, -0.2) is 38.1 Å². The molecule has 2 aliphatic rings. The van der Waals surface area contributed by atoms with Gasteiger partial charge in [-0.05, 0) is 55.3 Å². The number of amides is 1. The predicted octanol–water partition coefficient (Wildman–Crippen LogP) is 3.37. The molecule has 1 aliphatic carbocycles. The number of aliphatic hydroxyl groups is 1. The normalized spacial score (nSPS) is 29.4. The zero-order valence-electron chi connectivity index (χ0n) is 15.3. The van der Waals surface area contributed by atoms with E-state index in [0.29, 0.717) is 13.0 Å². The molecule has 0 bridgehead atoms. The van der Waals surface area contributed by atoms with Crippen LogP contribution in [0.1, 0.15) is 52.9 Å². The van der Waals surface area contributed by atoms with Crippen molar-refractivity contribution in [3.63, 3.8) is 0 Å². The van der Waals surface area contributed by atoms with Gasteiger partial charge in [0.05, 0.1) is 12.1 Å². The van der Waals surface area contributed by atoms with Crippen LogP contribution in [0.15, 0.2) is 11.6 Å². The first kappa shape index (κ1) is 18.7. The predicted molar refractivity (Wildman–Crippen MR) is 95.7 cm³/mol. The quantitative estimate of drug-likeness (QED) is 0.610. The lowest BCUT2D eigenvalue weighted by atomic mass is 9.80. The molecule has 0 aromatic heterocycles. The fourth-order valence-corrected chi connectivity index (χ4v) is 4.34. The van der Waals surface area contributed by atoms with Crippen LogP contribution in [0.3, 0.4) is 0 Å². The molecule has 2 rings (SSSR count). The van der Waals surface area contributed by atoms with Gasteiger partial charge in [-0.2, -0.15) is 0 Å². The molecule has 1 aliphatic heterocycles. The van der Waals surface area contributed by atoms with Crippen LogP contribution in [-0.2, 0) is 9.22 Å². The van der Waals surface area contributed by atoms with Crippen LogP contribution >= 0.6 is 0 Å². The van der Waals surface area contributed by atoms with Crippen molar-refractivity contribution in [2.75, 3.05) is 6.61 Å². The van der Waals surface area contributed by atoms with Crippen molar-refractivity contribution in [3.05, 3.63) is 11.6 Å². The Kier molecular flexibility index (Phi) is 5.75. The molecule has 5 heteroatoms. The van der Waals surface area contributed by atoms with E-state index in [9.17, 15) is 9.90 Å². The molecule has 4 nitrogen and oxygen atoms in total. The molecule has 2 N–H and O–H groups in total. The van der Waals surface area contributed by atoms with Gasteiger partial charge in [0, 0.05) is 13.0 Å². The summed E-state index contributed by atoms with van der Waals surface area (Å²) in [7, 11) is -1.74. The van der Waals surface area contributed by atoms with Crippen LogP contribution < -0.4 is 5.32 Å². The maximum absolute atomic E-state index is 11.9. The number of aliphatic hydroxyl groups excluding tert-OH is 1. The molecule has 0 spiro atoms. The molecule has 0 aromatic rings. The first-order valence-corrected chi connectivity index (χ1v) is 11.8. The van der Waals surface area contributed by atoms with E-state index in [4.69, 9.17) is 4.43 Å². The average Bonchev–Trinajstić information content (AvgIpc) is 2.58. The molecule has 1 saturated heterocycles. The van der Waals surface area contributed by atoms with E-state index >= 15 is 0 Å². The third kappa shape index (κ3) is 4.67. The Bertz CT molecular complexity index is 467. The number of carbonyl (C=O) groups is 1. The van der Waals surface area contributed by atoms with Crippen LogP contribution in [0, 0.1) is 5.92 Å². The number of carbonyl (C=O) groups excluding carboxylic acids is 1. The molecule has 0 radical (unpaired) electrons. The second-order valence-electron chi connectivity index (χ2n) is 8.60. The molecule has 1 fully saturated rings. The summed E-state index contributed by atoms with van der Waals surface area (Å²) in [5.74, 6) is 0.418. The van der Waals surface area contributed by atoms with Gasteiger partial charge in [0.1, 0.15) is 0 Å². The molecule has 3 atom stereocenters. The van der Waals surface area contributed by atoms with Gasteiger partial charge in [0.15, 0.2) is 8.32 Å². The number of nitrogens with one attached hydrogen (secondary N) is 1. The second-order valence-corrected chi connectivity index (χ2v) is 13.4. The molecule has 0 saturated carbocycles. The van der Waals surface area contributed by atoms with Crippen LogP contribution in [0.5, 0.6) is 0 Å². The third-order valence-corrected chi connectivity index (χ3v) is 10.3. The summed E-state index contributed by atoms with van der Waals surface area (Å²) in [6.07, 6.45) is 5.59. The lowest BCUT2D eigenvalue weighted by molar-refractivity contribution is -0.121. The standard InChI is InChI=1S/C18H33NO3Si/c1-18(2,3)23(4,5)22-10-9-14-12-15(20)11-13-7-6-8-16(21)19-17(13)14/h11,14-15,17,20H,6-10,12H2,1-5H3,(H,19,21)/t14-,15+,17-/m1/s1. The first-order chi connectivity index (χ1) is 10.6. The SMILES string of the molecule is CC(C)(C)[Si](C)(C)OCC[C@@H]1C[C@@H](O)C=C2CCCC(=O)N[C@H]21. The zero-order valence-corrected chi connectivity index (χ0v) is 16.3. The summed E-state index contributed by atoms with van der Waals surface area (Å²) in [5, 5.41) is 13.5. The maximum atomic E-state index is 11.9. The lowest BCUT2D eigenvalue weighted by Gasteiger charge is -2.38. The Morgan fingerprint density at radius 3 is 2.70 bits per heavy atom. The van der Waals surface area contributed by atoms with E-state index < -0.39 is 8.32 Å². The van der Waals surface area contributed by atoms with Crippen molar-refractivity contribution in [1.82, 2.24) is 5.32 Å². The third-order valence-electron chi connectivity index (χ3n) is 5.77. The second kappa shape index (κ2) is 7.07. The van der Waals surface area contributed by atoms with Gasteiger partial charge >= 0.3 is 0 Å². The molecule has 132 valence electrons. The Hall–Kier alpha value is -0.653. The van der Waals surface area contributed by atoms with Gasteiger partial charge in [-0.3, -0.25) is 4.79 Å². The minimum absolute atomic E-state index is 0.0939. The van der Waals surface area contributed by atoms with Crippen LogP contribution in [0.25, 0.3) is 0 Å². The van der Waals surface area contributed by atoms with Crippen molar-refractivity contribution in [3.8, 4) is 0 Å². The summed E-state index contributed by atoms with van der Waals surface area (Å²) in [6.45, 7) is 12.0. The van der Waals surface area contributed by atoms with E-state index in [-0.39, 0.29) is 29.0 Å². The van der Waals surface area contributed by atoms with Crippen molar-refractivity contribution < 1.29 is 14.3 Å². The highest BCUT2D eigenvalue weighted by Gasteiger charge is 2.38. The molecular weight excluding hydrogens is 306 g/mol. The largest absolute Gasteiger partial charge is 0.417 e. The molecule has 23 heavy (non-hydrogen) atoms. The molecule has 1 heterocycles. The summed E-state index contributed by atoms with van der Waals surface area (Å²) in [6, 6.07) is 0.0939. The minimum atomic E-state index is -1.74. The molecule has 1 amide bonds. The molecular formula is C18H33NO3Si. The van der Waals surface area contributed by atoms with Crippen LogP contribution in [0.4, 0.5) is 0 Å². The average molecular weight is 340 g/mol. The van der Waals surface area contributed by atoms with Gasteiger partial charge < -0.3 is 14.8 Å². The minimum Gasteiger partial charge on any atom is -0.417 e. The van der Waals surface area contributed by atoms with Gasteiger partial charge in [-0.15, -0.1) is 0 Å². The number of hydrogen-bond donors (Lipinski definition) is 2. The summed E-state index contributed by atoms with van der Waals surface area (Å²) in [4.78, 5) is 11.9. The Labute approximate surface area is 141 Å². The monoisotopic (exact) mass is 339 g/mol. The van der Waals surface area contributed by atoms with E-state index in [2.05, 4.69) is 39.2 Å². The Morgan fingerprint density at radius 1 is 1.35 bits per heavy atom. The molecule has 0 unspecified atom stereocenters. The van der Waals surface area contributed by atoms with Crippen molar-refractivity contribution in [2.24, 2.45) is 5.92 Å². The molecule has 0 aromatic carbocycles. The Balaban J connectivity index is 1.99. The van der Waals surface area contributed by atoms with E-state index in [0.717, 1.165) is 25.7 Å². The van der Waals surface area contributed by atoms with Gasteiger partial charge in [-0.1, -0.05) is 26.8 Å². The summed E-state index contributed by atoms with van der Waals surface area (Å²) in [5.41, 5.74) is 1.21. The van der Waals surface area contributed by atoms with E-state index in [1.807, 2.05) is 6.08 Å². The maximum Gasteiger partial charge on any atom is 0.220 e. The van der Waals surface area contributed by atoms with Gasteiger partial charge in [0.25, 0.3) is 0 Å². The highest BCUT2D eigenvalue weighted by Crippen LogP contribution is 2.37. The van der Waals surface area contributed by atoms with Crippen LogP contribution in [0.2, 0.25) is 18.1 Å². The fraction of sp³-hybridized carbons (Fsp3) is 0.833. The van der Waals surface area contributed by atoms with E-state index in [1.54, 1.807) is 0 Å². The lowest BCUT2D eigenvalue weighted by Crippen LogP contribution is -2.45. The smallest absolute Gasteiger partial charge is 0.220 e. The van der Waals surface area contributed by atoms with E-state index in [1.165, 1.54) is 5.57 Å². The topological polar surface area (TPSA) is 58.6 Å². The zero-order chi connectivity index (χ0) is 17.3.